The molecule has 0 spiro atoms. The SMILES string of the molecule is Cc1cccnc1CNCCN(C)C1CCCC1. The third-order valence-corrected chi connectivity index (χ3v) is 4.00. The molecule has 3 heteroatoms. The molecule has 1 N–H and O–H groups in total. The van der Waals surface area contributed by atoms with Crippen molar-refractivity contribution in [3.63, 3.8) is 0 Å². The molecule has 0 unspecified atom stereocenters. The first kappa shape index (κ1) is 13.5. The molecule has 1 aromatic rings. The van der Waals surface area contributed by atoms with Gasteiger partial charge in [-0.15, -0.1) is 0 Å². The van der Waals surface area contributed by atoms with E-state index in [4.69, 9.17) is 0 Å². The Hall–Kier alpha value is -0.930. The fourth-order valence-electron chi connectivity index (χ4n) is 2.69. The number of nitrogens with zero attached hydrogens (tertiary/aromatic N) is 2. The van der Waals surface area contributed by atoms with E-state index in [1.54, 1.807) is 0 Å². The second-order valence-corrected chi connectivity index (χ2v) is 5.36. The topological polar surface area (TPSA) is 28.2 Å². The maximum Gasteiger partial charge on any atom is 0.0570 e. The number of hydrogen-bond acceptors (Lipinski definition) is 3. The summed E-state index contributed by atoms with van der Waals surface area (Å²) in [5, 5.41) is 3.49. The summed E-state index contributed by atoms with van der Waals surface area (Å²) in [5.41, 5.74) is 2.44. The fraction of sp³-hybridized carbons (Fsp3) is 0.667. The molecule has 1 saturated carbocycles. The predicted octanol–water partition coefficient (Wildman–Crippen LogP) is 2.35. The first-order chi connectivity index (χ1) is 8.77. The Morgan fingerprint density at radius 1 is 1.39 bits per heavy atom. The number of rotatable bonds is 6. The van der Waals surface area contributed by atoms with Crippen LogP contribution in [0.4, 0.5) is 0 Å². The Morgan fingerprint density at radius 2 is 2.17 bits per heavy atom. The largest absolute Gasteiger partial charge is 0.310 e. The average Bonchev–Trinajstić information content (AvgIpc) is 2.90. The Bertz CT molecular complexity index is 359. The summed E-state index contributed by atoms with van der Waals surface area (Å²) in [4.78, 5) is 6.90. The van der Waals surface area contributed by atoms with Gasteiger partial charge in [-0.25, -0.2) is 0 Å². The molecule has 0 atom stereocenters. The van der Waals surface area contributed by atoms with Gasteiger partial charge in [-0.05, 0) is 38.4 Å². The van der Waals surface area contributed by atoms with Crippen LogP contribution in [-0.2, 0) is 6.54 Å². The molecule has 100 valence electrons. The van der Waals surface area contributed by atoms with Gasteiger partial charge in [0.2, 0.25) is 0 Å². The molecule has 1 aliphatic rings. The number of hydrogen-bond donors (Lipinski definition) is 1. The molecule has 0 aromatic carbocycles. The maximum absolute atomic E-state index is 4.40. The lowest BCUT2D eigenvalue weighted by atomic mass is 10.2. The van der Waals surface area contributed by atoms with Gasteiger partial charge in [-0.1, -0.05) is 18.9 Å². The van der Waals surface area contributed by atoms with Gasteiger partial charge < -0.3 is 10.2 Å². The number of likely N-dealkylation sites (N-methyl/N-ethyl adjacent to an activating group) is 1. The van der Waals surface area contributed by atoms with E-state index >= 15 is 0 Å². The second kappa shape index (κ2) is 6.86. The van der Waals surface area contributed by atoms with E-state index in [-0.39, 0.29) is 0 Å². The molecule has 3 nitrogen and oxygen atoms in total. The molecule has 0 saturated heterocycles. The first-order valence-electron chi connectivity index (χ1n) is 7.09. The molecule has 2 rings (SSSR count). The zero-order valence-electron chi connectivity index (χ0n) is 11.7. The lowest BCUT2D eigenvalue weighted by Gasteiger charge is -2.24. The summed E-state index contributed by atoms with van der Waals surface area (Å²) in [6.07, 6.45) is 7.46. The van der Waals surface area contributed by atoms with Crippen LogP contribution in [0.1, 0.15) is 36.9 Å². The average molecular weight is 247 g/mol. The van der Waals surface area contributed by atoms with E-state index in [2.05, 4.69) is 35.2 Å². The molecule has 0 amide bonds. The van der Waals surface area contributed by atoms with Gasteiger partial charge in [-0.2, -0.15) is 0 Å². The number of pyridine rings is 1. The summed E-state index contributed by atoms with van der Waals surface area (Å²) in [7, 11) is 2.25. The zero-order valence-corrected chi connectivity index (χ0v) is 11.7. The van der Waals surface area contributed by atoms with Crippen LogP contribution in [-0.4, -0.2) is 36.1 Å². The second-order valence-electron chi connectivity index (χ2n) is 5.36. The van der Waals surface area contributed by atoms with Crippen molar-refractivity contribution in [2.75, 3.05) is 20.1 Å². The molecule has 0 bridgehead atoms. The lowest BCUT2D eigenvalue weighted by molar-refractivity contribution is 0.245. The summed E-state index contributed by atoms with van der Waals surface area (Å²) in [6, 6.07) is 4.94. The van der Waals surface area contributed by atoms with E-state index < -0.39 is 0 Å². The molecule has 18 heavy (non-hydrogen) atoms. The Labute approximate surface area is 111 Å². The van der Waals surface area contributed by atoms with Crippen molar-refractivity contribution in [1.29, 1.82) is 0 Å². The molecule has 1 aromatic heterocycles. The van der Waals surface area contributed by atoms with Crippen LogP contribution < -0.4 is 5.32 Å². The number of nitrogens with one attached hydrogen (secondary N) is 1. The van der Waals surface area contributed by atoms with Crippen LogP contribution >= 0.6 is 0 Å². The highest BCUT2D eigenvalue weighted by Gasteiger charge is 2.18. The summed E-state index contributed by atoms with van der Waals surface area (Å²) < 4.78 is 0. The summed E-state index contributed by atoms with van der Waals surface area (Å²) >= 11 is 0. The monoisotopic (exact) mass is 247 g/mol. The molecule has 0 aliphatic heterocycles. The standard InChI is InChI=1S/C15H25N3/c1-13-6-5-9-17-15(13)12-16-10-11-18(2)14-7-3-4-8-14/h5-6,9,14,16H,3-4,7-8,10-12H2,1-2H3. The quantitative estimate of drug-likeness (QED) is 0.782. The highest BCUT2D eigenvalue weighted by molar-refractivity contribution is 5.17. The van der Waals surface area contributed by atoms with Crippen molar-refractivity contribution < 1.29 is 0 Å². The Balaban J connectivity index is 1.65. The van der Waals surface area contributed by atoms with Crippen molar-refractivity contribution in [3.8, 4) is 0 Å². The van der Waals surface area contributed by atoms with Crippen LogP contribution in [0.3, 0.4) is 0 Å². The molecule has 1 heterocycles. The van der Waals surface area contributed by atoms with Crippen LogP contribution in [0.25, 0.3) is 0 Å². The van der Waals surface area contributed by atoms with Crippen LogP contribution in [0.2, 0.25) is 0 Å². The van der Waals surface area contributed by atoms with Crippen LogP contribution in [0, 0.1) is 6.92 Å². The van der Waals surface area contributed by atoms with Gasteiger partial charge in [0.15, 0.2) is 0 Å². The highest BCUT2D eigenvalue weighted by atomic mass is 15.1. The first-order valence-corrected chi connectivity index (χ1v) is 7.09. The predicted molar refractivity (Wildman–Crippen MR) is 75.6 cm³/mol. The van der Waals surface area contributed by atoms with Crippen molar-refractivity contribution in [2.45, 2.75) is 45.2 Å². The lowest BCUT2D eigenvalue weighted by Crippen LogP contribution is -2.35. The van der Waals surface area contributed by atoms with E-state index in [1.807, 2.05) is 12.3 Å². The molecule has 1 fully saturated rings. The summed E-state index contributed by atoms with van der Waals surface area (Å²) in [5.74, 6) is 0. The maximum atomic E-state index is 4.40. The van der Waals surface area contributed by atoms with E-state index in [0.717, 1.165) is 25.7 Å². The molecular formula is C15H25N3. The Morgan fingerprint density at radius 3 is 2.89 bits per heavy atom. The molecular weight excluding hydrogens is 222 g/mol. The fourth-order valence-corrected chi connectivity index (χ4v) is 2.69. The van der Waals surface area contributed by atoms with Crippen LogP contribution in [0.5, 0.6) is 0 Å². The van der Waals surface area contributed by atoms with Gasteiger partial charge >= 0.3 is 0 Å². The number of aromatic nitrogens is 1. The Kier molecular flexibility index (Phi) is 5.14. The third kappa shape index (κ3) is 3.79. The van der Waals surface area contributed by atoms with Crippen LogP contribution in [0.15, 0.2) is 18.3 Å². The zero-order chi connectivity index (χ0) is 12.8. The van der Waals surface area contributed by atoms with Gasteiger partial charge in [0, 0.05) is 31.9 Å². The molecule has 0 radical (unpaired) electrons. The minimum atomic E-state index is 0.823. The van der Waals surface area contributed by atoms with Gasteiger partial charge in [0.1, 0.15) is 0 Å². The van der Waals surface area contributed by atoms with Crippen molar-refractivity contribution in [1.82, 2.24) is 15.2 Å². The smallest absolute Gasteiger partial charge is 0.0570 e. The highest BCUT2D eigenvalue weighted by Crippen LogP contribution is 2.21. The van der Waals surface area contributed by atoms with Crippen molar-refractivity contribution in [3.05, 3.63) is 29.6 Å². The molecule has 1 aliphatic carbocycles. The van der Waals surface area contributed by atoms with Crippen molar-refractivity contribution in [2.24, 2.45) is 0 Å². The summed E-state index contributed by atoms with van der Waals surface area (Å²) in [6.45, 7) is 5.18. The minimum Gasteiger partial charge on any atom is -0.310 e. The van der Waals surface area contributed by atoms with Gasteiger partial charge in [-0.3, -0.25) is 4.98 Å². The van der Waals surface area contributed by atoms with Crippen molar-refractivity contribution >= 4 is 0 Å². The minimum absolute atomic E-state index is 0.823. The van der Waals surface area contributed by atoms with E-state index in [0.29, 0.717) is 0 Å². The number of aryl methyl sites for hydroxylation is 1. The van der Waals surface area contributed by atoms with E-state index in [1.165, 1.54) is 36.9 Å². The normalized spacial score (nSPS) is 16.6. The third-order valence-electron chi connectivity index (χ3n) is 4.00. The van der Waals surface area contributed by atoms with Gasteiger partial charge in [0.25, 0.3) is 0 Å². The van der Waals surface area contributed by atoms with Gasteiger partial charge in [0.05, 0.1) is 5.69 Å². The van der Waals surface area contributed by atoms with E-state index in [9.17, 15) is 0 Å².